The van der Waals surface area contributed by atoms with Crippen molar-refractivity contribution in [2.24, 2.45) is 0 Å². The van der Waals surface area contributed by atoms with Crippen LogP contribution < -0.4 is 14.9 Å². The number of amides is 2. The highest BCUT2D eigenvalue weighted by Crippen LogP contribution is 2.17. The summed E-state index contributed by atoms with van der Waals surface area (Å²) in [6, 6.07) is -1.27. The van der Waals surface area contributed by atoms with Crippen molar-refractivity contribution in [2.75, 3.05) is 10.2 Å². The van der Waals surface area contributed by atoms with Crippen LogP contribution in [0, 0.1) is 0 Å². The summed E-state index contributed by atoms with van der Waals surface area (Å²) >= 11 is 5.88. The molecule has 0 spiro atoms. The molecule has 24 heavy (non-hydrogen) atoms. The quantitative estimate of drug-likeness (QED) is 0.780. The summed E-state index contributed by atoms with van der Waals surface area (Å²) < 4.78 is 25.4. The summed E-state index contributed by atoms with van der Waals surface area (Å²) in [5, 5.41) is 3.72. The average molecular weight is 377 g/mol. The minimum atomic E-state index is -3.90. The first-order valence-electron chi connectivity index (χ1n) is 7.22. The first-order valence-corrected chi connectivity index (χ1v) is 9.15. The lowest BCUT2D eigenvalue weighted by atomic mass is 10.3. The number of hydrogen-bond donors (Lipinski definition) is 2. The van der Waals surface area contributed by atoms with E-state index in [0.29, 0.717) is 0 Å². The third kappa shape index (κ3) is 5.93. The Hall–Kier alpha value is -1.94. The van der Waals surface area contributed by atoms with E-state index in [2.05, 4.69) is 20.3 Å². The molecule has 0 aliphatic rings. The number of carbonyl (C=O) groups excluding carboxylic acids is 1. The zero-order valence-corrected chi connectivity index (χ0v) is 15.7. The molecule has 9 nitrogen and oxygen atoms in total. The molecule has 1 aromatic rings. The van der Waals surface area contributed by atoms with Gasteiger partial charge in [0.05, 0.1) is 0 Å². The van der Waals surface area contributed by atoms with Crippen LogP contribution in [-0.2, 0) is 10.0 Å². The molecule has 0 unspecified atom stereocenters. The monoisotopic (exact) mass is 376 g/mol. The molecule has 0 radical (unpaired) electrons. The molecule has 2 amide bonds. The number of sulfonamides is 1. The summed E-state index contributed by atoms with van der Waals surface area (Å²) in [6.45, 7) is 8.67. The van der Waals surface area contributed by atoms with E-state index < -0.39 is 22.1 Å². The molecule has 1 heterocycles. The van der Waals surface area contributed by atoms with E-state index in [0.717, 1.165) is 10.3 Å². The third-order valence-electron chi connectivity index (χ3n) is 2.51. The second-order valence-electron chi connectivity index (χ2n) is 5.41. The number of allylic oxidation sites excluding steroid dienone is 1. The van der Waals surface area contributed by atoms with Gasteiger partial charge in [0.25, 0.3) is 10.0 Å². The molecule has 0 saturated carbocycles. The van der Waals surface area contributed by atoms with Crippen molar-refractivity contribution in [3.05, 3.63) is 16.8 Å². The van der Waals surface area contributed by atoms with E-state index in [1.807, 2.05) is 18.6 Å². The van der Waals surface area contributed by atoms with Crippen LogP contribution in [0.4, 0.5) is 16.7 Å². The predicted molar refractivity (Wildman–Crippen MR) is 93.5 cm³/mol. The zero-order valence-electron chi connectivity index (χ0n) is 14.1. The summed E-state index contributed by atoms with van der Waals surface area (Å²) in [6.07, 6.45) is 1.31. The normalized spacial score (nSPS) is 12.0. The molecular formula is C13H21ClN6O3S. The number of rotatable bonds is 6. The highest BCUT2D eigenvalue weighted by molar-refractivity contribution is 7.92. The van der Waals surface area contributed by atoms with Crippen LogP contribution in [0.1, 0.15) is 34.6 Å². The van der Waals surface area contributed by atoms with Crippen molar-refractivity contribution >= 4 is 39.6 Å². The van der Waals surface area contributed by atoms with Gasteiger partial charge in [-0.1, -0.05) is 6.08 Å². The van der Waals surface area contributed by atoms with Gasteiger partial charge in [-0.15, -0.1) is 0 Å². The van der Waals surface area contributed by atoms with Gasteiger partial charge < -0.3 is 5.32 Å². The van der Waals surface area contributed by atoms with E-state index in [-0.39, 0.29) is 23.2 Å². The van der Waals surface area contributed by atoms with Crippen LogP contribution in [0.15, 0.2) is 11.5 Å². The van der Waals surface area contributed by atoms with Crippen LogP contribution in [0.2, 0.25) is 5.28 Å². The van der Waals surface area contributed by atoms with E-state index in [9.17, 15) is 13.2 Å². The number of carbonyl (C=O) groups is 1. The summed E-state index contributed by atoms with van der Waals surface area (Å²) in [5.74, 6) is 0.135. The van der Waals surface area contributed by atoms with Gasteiger partial charge in [-0.2, -0.15) is 15.0 Å². The topological polar surface area (TPSA) is 117 Å². The molecule has 1 aromatic heterocycles. The molecular weight excluding hydrogens is 356 g/mol. The van der Waals surface area contributed by atoms with Gasteiger partial charge in [-0.25, -0.2) is 17.9 Å². The van der Waals surface area contributed by atoms with E-state index in [1.165, 1.54) is 13.0 Å². The second-order valence-corrected chi connectivity index (χ2v) is 7.32. The maximum absolute atomic E-state index is 12.4. The Kier molecular flexibility index (Phi) is 6.91. The number of urea groups is 1. The van der Waals surface area contributed by atoms with E-state index in [4.69, 9.17) is 11.6 Å². The summed E-state index contributed by atoms with van der Waals surface area (Å²) in [5.41, 5.74) is 0. The van der Waals surface area contributed by atoms with Gasteiger partial charge in [-0.05, 0) is 46.2 Å². The second kappa shape index (κ2) is 8.25. The number of nitrogens with zero attached hydrogens (tertiary/aromatic N) is 4. The molecule has 0 atom stereocenters. The van der Waals surface area contributed by atoms with Gasteiger partial charge in [0.2, 0.25) is 17.2 Å². The fourth-order valence-electron chi connectivity index (χ4n) is 1.71. The largest absolute Gasteiger partial charge is 0.352 e. The smallest absolute Gasteiger partial charge is 0.338 e. The lowest BCUT2D eigenvalue weighted by Crippen LogP contribution is -2.46. The Bertz CT molecular complexity index is 720. The predicted octanol–water partition coefficient (Wildman–Crippen LogP) is 2.13. The Morgan fingerprint density at radius 3 is 2.33 bits per heavy atom. The number of nitrogens with one attached hydrogen (secondary N) is 2. The maximum atomic E-state index is 12.4. The molecule has 0 aliphatic carbocycles. The highest BCUT2D eigenvalue weighted by Gasteiger charge is 2.26. The molecule has 134 valence electrons. The molecule has 0 aromatic carbocycles. The summed E-state index contributed by atoms with van der Waals surface area (Å²) in [7, 11) is -3.90. The van der Waals surface area contributed by atoms with Gasteiger partial charge in [0.1, 0.15) is 0 Å². The van der Waals surface area contributed by atoms with Crippen LogP contribution >= 0.6 is 11.6 Å². The van der Waals surface area contributed by atoms with Gasteiger partial charge in [0, 0.05) is 17.5 Å². The van der Waals surface area contributed by atoms with E-state index in [1.54, 1.807) is 13.8 Å². The standard InChI is InChI=1S/C13H21ClN6O3S/c1-6-7-24(22,23)19-13(21)20(9(4)5)12-17-10(14)16-11(18-12)15-8(2)3/h6-9H,1-5H3,(H,19,21)(H,15,16,17,18)/b7-6-. The van der Waals surface area contributed by atoms with Gasteiger partial charge in [-0.3, -0.25) is 4.90 Å². The van der Waals surface area contributed by atoms with Crippen molar-refractivity contribution in [1.29, 1.82) is 0 Å². The number of aromatic nitrogens is 3. The summed E-state index contributed by atoms with van der Waals surface area (Å²) in [4.78, 5) is 25.4. The minimum Gasteiger partial charge on any atom is -0.352 e. The maximum Gasteiger partial charge on any atom is 0.338 e. The third-order valence-corrected chi connectivity index (χ3v) is 3.77. The Balaban J connectivity index is 3.21. The van der Waals surface area contributed by atoms with Crippen molar-refractivity contribution in [1.82, 2.24) is 19.7 Å². The molecule has 0 fully saturated rings. The molecule has 2 N–H and O–H groups in total. The number of hydrogen-bond acceptors (Lipinski definition) is 7. The first-order chi connectivity index (χ1) is 11.1. The first kappa shape index (κ1) is 20.1. The number of halogens is 1. The molecule has 11 heteroatoms. The van der Waals surface area contributed by atoms with Crippen molar-refractivity contribution in [3.8, 4) is 0 Å². The average Bonchev–Trinajstić information content (AvgIpc) is 2.35. The van der Waals surface area contributed by atoms with Gasteiger partial charge >= 0.3 is 6.03 Å². The Labute approximate surface area is 146 Å². The fourth-order valence-corrected chi connectivity index (χ4v) is 2.63. The molecule has 0 aliphatic heterocycles. The highest BCUT2D eigenvalue weighted by atomic mass is 35.5. The van der Waals surface area contributed by atoms with Gasteiger partial charge in [0.15, 0.2) is 0 Å². The van der Waals surface area contributed by atoms with Crippen molar-refractivity contribution in [2.45, 2.75) is 46.7 Å². The molecule has 1 rings (SSSR count). The lowest BCUT2D eigenvalue weighted by Gasteiger charge is -2.24. The number of anilines is 2. The molecule has 0 bridgehead atoms. The Morgan fingerprint density at radius 2 is 1.83 bits per heavy atom. The van der Waals surface area contributed by atoms with Crippen LogP contribution in [0.25, 0.3) is 0 Å². The van der Waals surface area contributed by atoms with E-state index >= 15 is 0 Å². The van der Waals surface area contributed by atoms with Crippen molar-refractivity contribution < 1.29 is 13.2 Å². The van der Waals surface area contributed by atoms with Crippen LogP contribution in [0.3, 0.4) is 0 Å². The fraction of sp³-hybridized carbons (Fsp3) is 0.538. The molecule has 0 saturated heterocycles. The zero-order chi connectivity index (χ0) is 18.5. The SMILES string of the molecule is C/C=C\S(=O)(=O)NC(=O)N(c1nc(Cl)nc(NC(C)C)n1)C(C)C. The van der Waals surface area contributed by atoms with Crippen molar-refractivity contribution in [3.63, 3.8) is 0 Å². The lowest BCUT2D eigenvalue weighted by molar-refractivity contribution is 0.249. The van der Waals surface area contributed by atoms with Crippen LogP contribution in [0.5, 0.6) is 0 Å². The Morgan fingerprint density at radius 1 is 1.21 bits per heavy atom. The van der Waals surface area contributed by atoms with Crippen LogP contribution in [-0.4, -0.2) is 41.5 Å². The minimum absolute atomic E-state index is 0.0349.